The Morgan fingerprint density at radius 1 is 1.07 bits per heavy atom. The zero-order valence-electron chi connectivity index (χ0n) is 16.6. The monoisotopic (exact) mass is 380 g/mol. The molecule has 148 valence electrons. The zero-order valence-corrected chi connectivity index (χ0v) is 16.6. The van der Waals surface area contributed by atoms with Gasteiger partial charge in [0.1, 0.15) is 5.75 Å². The van der Waals surface area contributed by atoms with E-state index in [1.54, 1.807) is 31.2 Å². The quantitative estimate of drug-likeness (QED) is 0.814. The van der Waals surface area contributed by atoms with Crippen molar-refractivity contribution in [2.45, 2.75) is 45.6 Å². The third kappa shape index (κ3) is 5.12. The van der Waals surface area contributed by atoms with Crippen molar-refractivity contribution in [3.63, 3.8) is 0 Å². The van der Waals surface area contributed by atoms with Crippen LogP contribution in [-0.2, 0) is 11.2 Å². The second-order valence-electron chi connectivity index (χ2n) is 7.18. The first-order valence-electron chi connectivity index (χ1n) is 10.0. The molecule has 5 nitrogen and oxygen atoms in total. The molecule has 1 fully saturated rings. The van der Waals surface area contributed by atoms with Gasteiger partial charge >= 0.3 is 0 Å². The molecule has 3 rings (SSSR count). The molecule has 0 saturated carbocycles. The molecule has 2 aromatic carbocycles. The molecule has 1 aliphatic heterocycles. The number of likely N-dealkylation sites (tertiary alicyclic amines) is 1. The van der Waals surface area contributed by atoms with Gasteiger partial charge in [0.15, 0.2) is 6.10 Å². The van der Waals surface area contributed by atoms with E-state index in [1.165, 1.54) is 12.0 Å². The first-order chi connectivity index (χ1) is 13.6. The van der Waals surface area contributed by atoms with E-state index in [4.69, 9.17) is 4.74 Å². The standard InChI is InChI=1S/C23H28N2O3/c1-3-18-10-12-21(13-11-18)28-17(2)22(26)24-20-9-7-8-19(16-20)23(27)25-14-5-4-6-15-25/h7-13,16-17H,3-6,14-15H2,1-2H3,(H,24,26). The van der Waals surface area contributed by atoms with Crippen LogP contribution in [0.5, 0.6) is 5.75 Å². The summed E-state index contributed by atoms with van der Waals surface area (Å²) in [5, 5.41) is 2.85. The second-order valence-corrected chi connectivity index (χ2v) is 7.18. The van der Waals surface area contributed by atoms with Gasteiger partial charge in [-0.25, -0.2) is 0 Å². The normalized spacial score (nSPS) is 15.0. The summed E-state index contributed by atoms with van der Waals surface area (Å²) in [6, 6.07) is 14.8. The van der Waals surface area contributed by atoms with Gasteiger partial charge in [-0.3, -0.25) is 9.59 Å². The van der Waals surface area contributed by atoms with E-state index in [2.05, 4.69) is 12.2 Å². The van der Waals surface area contributed by atoms with Crippen LogP contribution in [0.25, 0.3) is 0 Å². The molecule has 1 atom stereocenters. The molecule has 0 aliphatic carbocycles. The van der Waals surface area contributed by atoms with Crippen LogP contribution in [0.1, 0.15) is 49.0 Å². The highest BCUT2D eigenvalue weighted by Crippen LogP contribution is 2.18. The minimum atomic E-state index is -0.645. The summed E-state index contributed by atoms with van der Waals surface area (Å²) in [6.45, 7) is 5.41. The Bertz CT molecular complexity index is 811. The minimum Gasteiger partial charge on any atom is -0.481 e. The number of nitrogens with one attached hydrogen (secondary N) is 1. The lowest BCUT2D eigenvalue weighted by atomic mass is 10.1. The van der Waals surface area contributed by atoms with Crippen molar-refractivity contribution in [2.24, 2.45) is 0 Å². The van der Waals surface area contributed by atoms with Crippen LogP contribution in [0.2, 0.25) is 0 Å². The van der Waals surface area contributed by atoms with Gasteiger partial charge in [-0.1, -0.05) is 25.1 Å². The highest BCUT2D eigenvalue weighted by atomic mass is 16.5. The Labute approximate surface area is 166 Å². The van der Waals surface area contributed by atoms with Gasteiger partial charge in [0.25, 0.3) is 11.8 Å². The molecule has 5 heteroatoms. The molecule has 1 N–H and O–H groups in total. The van der Waals surface area contributed by atoms with Crippen LogP contribution in [0.3, 0.4) is 0 Å². The number of amides is 2. The van der Waals surface area contributed by atoms with Gasteiger partial charge in [0.05, 0.1) is 0 Å². The van der Waals surface area contributed by atoms with Crippen molar-refractivity contribution < 1.29 is 14.3 Å². The number of ether oxygens (including phenoxy) is 1. The van der Waals surface area contributed by atoms with Crippen molar-refractivity contribution in [1.82, 2.24) is 4.90 Å². The number of benzene rings is 2. The predicted molar refractivity (Wildman–Crippen MR) is 111 cm³/mol. The molecule has 0 spiro atoms. The van der Waals surface area contributed by atoms with Gasteiger partial charge in [-0.05, 0) is 68.5 Å². The number of piperidine rings is 1. The number of hydrogen-bond donors (Lipinski definition) is 1. The van der Waals surface area contributed by atoms with Crippen molar-refractivity contribution in [3.8, 4) is 5.75 Å². The molecule has 28 heavy (non-hydrogen) atoms. The van der Waals surface area contributed by atoms with Gasteiger partial charge < -0.3 is 15.0 Å². The fourth-order valence-corrected chi connectivity index (χ4v) is 3.31. The Morgan fingerprint density at radius 3 is 2.46 bits per heavy atom. The Hall–Kier alpha value is -2.82. The smallest absolute Gasteiger partial charge is 0.265 e. The fraction of sp³-hybridized carbons (Fsp3) is 0.391. The van der Waals surface area contributed by atoms with Crippen molar-refractivity contribution in [3.05, 3.63) is 59.7 Å². The second kappa shape index (κ2) is 9.40. The summed E-state index contributed by atoms with van der Waals surface area (Å²) >= 11 is 0. The third-order valence-corrected chi connectivity index (χ3v) is 5.03. The molecule has 1 unspecified atom stereocenters. The lowest BCUT2D eigenvalue weighted by Crippen LogP contribution is -2.35. The molecule has 0 bridgehead atoms. The molecule has 0 radical (unpaired) electrons. The maximum atomic E-state index is 12.7. The Balaban J connectivity index is 1.60. The molecule has 1 heterocycles. The molecular formula is C23H28N2O3. The highest BCUT2D eigenvalue weighted by molar-refractivity contribution is 5.98. The number of aryl methyl sites for hydroxylation is 1. The topological polar surface area (TPSA) is 58.6 Å². The lowest BCUT2D eigenvalue weighted by Gasteiger charge is -2.26. The van der Waals surface area contributed by atoms with Crippen molar-refractivity contribution >= 4 is 17.5 Å². The van der Waals surface area contributed by atoms with Crippen LogP contribution in [0.15, 0.2) is 48.5 Å². The van der Waals surface area contributed by atoms with Crippen LogP contribution >= 0.6 is 0 Å². The molecular weight excluding hydrogens is 352 g/mol. The summed E-state index contributed by atoms with van der Waals surface area (Å²) in [5.74, 6) is 0.437. The molecule has 2 amide bonds. The molecule has 0 aromatic heterocycles. The summed E-state index contributed by atoms with van der Waals surface area (Å²) in [7, 11) is 0. The van der Waals surface area contributed by atoms with Crippen LogP contribution < -0.4 is 10.1 Å². The Kier molecular flexibility index (Phi) is 6.69. The van der Waals surface area contributed by atoms with Gasteiger partial charge in [-0.15, -0.1) is 0 Å². The van der Waals surface area contributed by atoms with Crippen molar-refractivity contribution in [2.75, 3.05) is 18.4 Å². The van der Waals surface area contributed by atoms with Gasteiger partial charge in [0.2, 0.25) is 0 Å². The predicted octanol–water partition coefficient (Wildman–Crippen LogP) is 4.28. The number of rotatable bonds is 6. The zero-order chi connectivity index (χ0) is 19.9. The third-order valence-electron chi connectivity index (χ3n) is 5.03. The van der Waals surface area contributed by atoms with E-state index >= 15 is 0 Å². The summed E-state index contributed by atoms with van der Waals surface area (Å²) in [5.41, 5.74) is 2.42. The maximum absolute atomic E-state index is 12.7. The van der Waals surface area contributed by atoms with E-state index in [0.29, 0.717) is 17.0 Å². The van der Waals surface area contributed by atoms with E-state index in [9.17, 15) is 9.59 Å². The van der Waals surface area contributed by atoms with Crippen molar-refractivity contribution in [1.29, 1.82) is 0 Å². The largest absolute Gasteiger partial charge is 0.481 e. The first-order valence-corrected chi connectivity index (χ1v) is 10.0. The summed E-state index contributed by atoms with van der Waals surface area (Å²) in [6.07, 6.45) is 3.60. The lowest BCUT2D eigenvalue weighted by molar-refractivity contribution is -0.122. The van der Waals surface area contributed by atoms with E-state index in [1.807, 2.05) is 29.2 Å². The fourth-order valence-electron chi connectivity index (χ4n) is 3.31. The minimum absolute atomic E-state index is 0.0242. The molecule has 1 saturated heterocycles. The van der Waals surface area contributed by atoms with E-state index < -0.39 is 6.10 Å². The first kappa shape index (κ1) is 19.9. The number of hydrogen-bond acceptors (Lipinski definition) is 3. The highest BCUT2D eigenvalue weighted by Gasteiger charge is 2.19. The van der Waals surface area contributed by atoms with E-state index in [0.717, 1.165) is 32.4 Å². The maximum Gasteiger partial charge on any atom is 0.265 e. The summed E-state index contributed by atoms with van der Waals surface area (Å²) in [4.78, 5) is 27.0. The number of nitrogens with zero attached hydrogens (tertiary/aromatic N) is 1. The van der Waals surface area contributed by atoms with Gasteiger partial charge in [0, 0.05) is 24.3 Å². The molecule has 2 aromatic rings. The number of carbonyl (C=O) groups is 2. The number of anilines is 1. The van der Waals surface area contributed by atoms with E-state index in [-0.39, 0.29) is 11.8 Å². The molecule has 1 aliphatic rings. The average molecular weight is 380 g/mol. The Morgan fingerprint density at radius 2 is 1.79 bits per heavy atom. The van der Waals surface area contributed by atoms with Crippen LogP contribution in [0.4, 0.5) is 5.69 Å². The van der Waals surface area contributed by atoms with Crippen LogP contribution in [0, 0.1) is 0 Å². The number of carbonyl (C=O) groups excluding carboxylic acids is 2. The average Bonchev–Trinajstić information content (AvgIpc) is 2.74. The SMILES string of the molecule is CCc1ccc(OC(C)C(=O)Nc2cccc(C(=O)N3CCCCC3)c2)cc1. The van der Waals surface area contributed by atoms with Crippen LogP contribution in [-0.4, -0.2) is 35.9 Å². The van der Waals surface area contributed by atoms with Gasteiger partial charge in [-0.2, -0.15) is 0 Å². The summed E-state index contributed by atoms with van der Waals surface area (Å²) < 4.78 is 5.73.